The van der Waals surface area contributed by atoms with E-state index in [0.29, 0.717) is 29.5 Å². The molecule has 112 valence electrons. The van der Waals surface area contributed by atoms with Gasteiger partial charge in [0.25, 0.3) is 5.91 Å². The van der Waals surface area contributed by atoms with Crippen molar-refractivity contribution in [2.45, 2.75) is 0 Å². The van der Waals surface area contributed by atoms with Gasteiger partial charge in [-0.1, -0.05) is 11.6 Å². The van der Waals surface area contributed by atoms with Crippen LogP contribution < -0.4 is 15.5 Å². The van der Waals surface area contributed by atoms with Gasteiger partial charge in [0.2, 0.25) is 0 Å². The molecular formula is C15H13ClN4O2. The van der Waals surface area contributed by atoms with Crippen molar-refractivity contribution in [3.63, 3.8) is 0 Å². The maximum absolute atomic E-state index is 12.0. The van der Waals surface area contributed by atoms with Gasteiger partial charge in [0.1, 0.15) is 5.15 Å². The molecule has 1 aliphatic heterocycles. The smallest absolute Gasteiger partial charge is 0.321 e. The normalized spacial score (nSPS) is 13.9. The maximum atomic E-state index is 12.0. The summed E-state index contributed by atoms with van der Waals surface area (Å²) in [6, 6.07) is 10.1. The molecule has 0 bridgehead atoms. The van der Waals surface area contributed by atoms with E-state index in [2.05, 4.69) is 15.6 Å². The van der Waals surface area contributed by atoms with Crippen molar-refractivity contribution >= 4 is 34.9 Å². The van der Waals surface area contributed by atoms with Crippen molar-refractivity contribution in [3.05, 3.63) is 53.3 Å². The summed E-state index contributed by atoms with van der Waals surface area (Å²) in [6.45, 7) is 1.28. The number of carbonyl (C=O) groups excluding carboxylic acids is 2. The highest BCUT2D eigenvalue weighted by atomic mass is 35.5. The second-order valence-corrected chi connectivity index (χ2v) is 5.14. The molecule has 1 saturated heterocycles. The maximum Gasteiger partial charge on any atom is 0.321 e. The summed E-state index contributed by atoms with van der Waals surface area (Å²) in [7, 11) is 0. The first-order valence-corrected chi connectivity index (χ1v) is 7.09. The van der Waals surface area contributed by atoms with Crippen molar-refractivity contribution in [1.29, 1.82) is 0 Å². The second-order valence-electron chi connectivity index (χ2n) is 4.75. The highest BCUT2D eigenvalue weighted by molar-refractivity contribution is 6.29. The van der Waals surface area contributed by atoms with Crippen molar-refractivity contribution < 1.29 is 9.59 Å². The Morgan fingerprint density at radius 3 is 2.59 bits per heavy atom. The molecule has 1 aliphatic rings. The molecule has 1 aromatic carbocycles. The summed E-state index contributed by atoms with van der Waals surface area (Å²) in [6.07, 6.45) is 1.42. The summed E-state index contributed by atoms with van der Waals surface area (Å²) in [4.78, 5) is 29.1. The van der Waals surface area contributed by atoms with E-state index in [9.17, 15) is 9.59 Å². The number of hydrogen-bond donors (Lipinski definition) is 2. The van der Waals surface area contributed by atoms with Crippen LogP contribution in [0.4, 0.5) is 16.2 Å². The topological polar surface area (TPSA) is 74.3 Å². The lowest BCUT2D eigenvalue weighted by Crippen LogP contribution is -2.27. The van der Waals surface area contributed by atoms with Crippen LogP contribution in [0.15, 0.2) is 42.6 Å². The molecule has 2 N–H and O–H groups in total. The lowest BCUT2D eigenvalue weighted by atomic mass is 10.2. The Labute approximate surface area is 132 Å². The number of rotatable bonds is 3. The molecule has 0 aliphatic carbocycles. The van der Waals surface area contributed by atoms with Crippen molar-refractivity contribution in [2.24, 2.45) is 0 Å². The number of carbonyl (C=O) groups is 2. The minimum Gasteiger partial charge on any atom is -0.336 e. The van der Waals surface area contributed by atoms with Crippen molar-refractivity contribution in [2.75, 3.05) is 23.3 Å². The van der Waals surface area contributed by atoms with Crippen LogP contribution in [0.3, 0.4) is 0 Å². The number of aromatic nitrogens is 1. The van der Waals surface area contributed by atoms with E-state index in [1.165, 1.54) is 6.20 Å². The van der Waals surface area contributed by atoms with Gasteiger partial charge in [0, 0.05) is 30.7 Å². The van der Waals surface area contributed by atoms with Crippen LogP contribution in [0, 0.1) is 0 Å². The van der Waals surface area contributed by atoms with Crippen LogP contribution in [-0.2, 0) is 0 Å². The highest BCUT2D eigenvalue weighted by Crippen LogP contribution is 2.20. The molecule has 22 heavy (non-hydrogen) atoms. The number of anilines is 2. The molecule has 2 heterocycles. The van der Waals surface area contributed by atoms with Crippen LogP contribution in [0.2, 0.25) is 5.15 Å². The van der Waals surface area contributed by atoms with Gasteiger partial charge in [-0.15, -0.1) is 0 Å². The van der Waals surface area contributed by atoms with E-state index < -0.39 is 0 Å². The lowest BCUT2D eigenvalue weighted by molar-refractivity contribution is 0.102. The molecule has 3 amide bonds. The zero-order chi connectivity index (χ0) is 15.5. The summed E-state index contributed by atoms with van der Waals surface area (Å²) in [5.74, 6) is -0.268. The number of urea groups is 1. The third kappa shape index (κ3) is 3.01. The number of hydrogen-bond acceptors (Lipinski definition) is 3. The molecule has 1 fully saturated rings. The Balaban J connectivity index is 1.69. The predicted molar refractivity (Wildman–Crippen MR) is 84.4 cm³/mol. The van der Waals surface area contributed by atoms with Gasteiger partial charge in [-0.05, 0) is 36.4 Å². The number of pyridine rings is 1. The van der Waals surface area contributed by atoms with Gasteiger partial charge in [-0.2, -0.15) is 0 Å². The van der Waals surface area contributed by atoms with Gasteiger partial charge in [0.05, 0.1) is 5.56 Å². The Kier molecular flexibility index (Phi) is 3.93. The average molecular weight is 317 g/mol. The molecular weight excluding hydrogens is 304 g/mol. The standard InChI is InChI=1S/C15H13ClN4O2/c16-13-6-1-10(9-18-13)14(21)19-11-2-4-12(5-3-11)20-8-7-17-15(20)22/h1-6,9H,7-8H2,(H,17,22)(H,19,21). The van der Waals surface area contributed by atoms with Crippen molar-refractivity contribution in [1.82, 2.24) is 10.3 Å². The third-order valence-electron chi connectivity index (χ3n) is 3.28. The highest BCUT2D eigenvalue weighted by Gasteiger charge is 2.20. The summed E-state index contributed by atoms with van der Waals surface area (Å²) in [5, 5.41) is 5.84. The predicted octanol–water partition coefficient (Wildman–Crippen LogP) is 2.52. The fraction of sp³-hybridized carbons (Fsp3) is 0.133. The van der Waals surface area contributed by atoms with E-state index in [1.807, 2.05) is 0 Å². The molecule has 0 unspecified atom stereocenters. The first kappa shape index (κ1) is 14.3. The van der Waals surface area contributed by atoms with Gasteiger partial charge in [0.15, 0.2) is 0 Å². The third-order valence-corrected chi connectivity index (χ3v) is 3.51. The minimum absolute atomic E-state index is 0.107. The van der Waals surface area contributed by atoms with Crippen LogP contribution in [0.5, 0.6) is 0 Å². The minimum atomic E-state index is -0.268. The van der Waals surface area contributed by atoms with Crippen LogP contribution >= 0.6 is 11.6 Å². The van der Waals surface area contributed by atoms with E-state index in [1.54, 1.807) is 41.3 Å². The summed E-state index contributed by atoms with van der Waals surface area (Å²) in [5.41, 5.74) is 1.86. The number of nitrogens with zero attached hydrogens (tertiary/aromatic N) is 2. The molecule has 0 radical (unpaired) electrons. The summed E-state index contributed by atoms with van der Waals surface area (Å²) >= 11 is 5.69. The van der Waals surface area contributed by atoms with Gasteiger partial charge < -0.3 is 10.6 Å². The fourth-order valence-corrected chi connectivity index (χ4v) is 2.27. The van der Waals surface area contributed by atoms with Gasteiger partial charge in [-0.25, -0.2) is 9.78 Å². The molecule has 0 spiro atoms. The Morgan fingerprint density at radius 2 is 2.00 bits per heavy atom. The lowest BCUT2D eigenvalue weighted by Gasteiger charge is -2.14. The molecule has 1 aromatic heterocycles. The Bertz CT molecular complexity index is 700. The molecule has 3 rings (SSSR count). The number of nitrogens with one attached hydrogen (secondary N) is 2. The molecule has 7 heteroatoms. The molecule has 6 nitrogen and oxygen atoms in total. The zero-order valence-electron chi connectivity index (χ0n) is 11.5. The molecule has 0 atom stereocenters. The van der Waals surface area contributed by atoms with E-state index in [-0.39, 0.29) is 11.9 Å². The first-order chi connectivity index (χ1) is 10.6. The number of benzene rings is 1. The first-order valence-electron chi connectivity index (χ1n) is 6.72. The Morgan fingerprint density at radius 1 is 1.23 bits per heavy atom. The average Bonchev–Trinajstić information content (AvgIpc) is 2.95. The quantitative estimate of drug-likeness (QED) is 0.854. The zero-order valence-corrected chi connectivity index (χ0v) is 12.3. The Hall–Kier alpha value is -2.60. The van der Waals surface area contributed by atoms with Gasteiger partial charge in [-0.3, -0.25) is 9.69 Å². The van der Waals surface area contributed by atoms with E-state index >= 15 is 0 Å². The summed E-state index contributed by atoms with van der Waals surface area (Å²) < 4.78 is 0. The van der Waals surface area contributed by atoms with Crippen LogP contribution in [0.1, 0.15) is 10.4 Å². The van der Waals surface area contributed by atoms with Crippen LogP contribution in [-0.4, -0.2) is 30.0 Å². The van der Waals surface area contributed by atoms with E-state index in [4.69, 9.17) is 11.6 Å². The molecule has 0 saturated carbocycles. The fourth-order valence-electron chi connectivity index (χ4n) is 2.16. The van der Waals surface area contributed by atoms with Crippen LogP contribution in [0.25, 0.3) is 0 Å². The van der Waals surface area contributed by atoms with Gasteiger partial charge >= 0.3 is 6.03 Å². The van der Waals surface area contributed by atoms with E-state index in [0.717, 1.165) is 5.69 Å². The molecule has 2 aromatic rings. The SMILES string of the molecule is O=C(Nc1ccc(N2CCNC2=O)cc1)c1ccc(Cl)nc1. The largest absolute Gasteiger partial charge is 0.336 e. The number of amides is 3. The second kappa shape index (κ2) is 6.03. The monoisotopic (exact) mass is 316 g/mol. The van der Waals surface area contributed by atoms with Crippen molar-refractivity contribution in [3.8, 4) is 0 Å². The number of halogens is 1.